The van der Waals surface area contributed by atoms with Crippen LogP contribution in [-0.2, 0) is 18.4 Å². The molecule has 0 saturated carbocycles. The highest BCUT2D eigenvalue weighted by molar-refractivity contribution is 6.09. The van der Waals surface area contributed by atoms with Crippen molar-refractivity contribution < 1.29 is 9.53 Å². The van der Waals surface area contributed by atoms with E-state index in [1.807, 2.05) is 61.8 Å². The van der Waals surface area contributed by atoms with E-state index >= 15 is 0 Å². The Morgan fingerprint density at radius 3 is 2.57 bits per heavy atom. The van der Waals surface area contributed by atoms with Crippen LogP contribution in [0.25, 0.3) is 44.5 Å². The number of nitrogens with zero attached hydrogens (tertiary/aromatic N) is 5. The van der Waals surface area contributed by atoms with Crippen molar-refractivity contribution in [1.82, 2.24) is 29.5 Å². The van der Waals surface area contributed by atoms with E-state index in [4.69, 9.17) is 9.72 Å². The third kappa shape index (κ3) is 4.08. The van der Waals surface area contributed by atoms with Gasteiger partial charge in [-0.1, -0.05) is 18.7 Å². The largest absolute Gasteiger partial charge is 0.494 e. The fourth-order valence-corrected chi connectivity index (χ4v) is 4.73. The van der Waals surface area contributed by atoms with Gasteiger partial charge in [-0.3, -0.25) is 14.2 Å². The van der Waals surface area contributed by atoms with E-state index in [9.17, 15) is 4.79 Å². The standard InChI is InChI=1S/C28H29N7O2/c1-7-22(36)32-25-16(3)9-10-20(27(25)37-6)24-23-17(4)21(18-11-31-35(8-2)15-18)13-29-28(23)33-26(24)19-12-30-34(5)14-19/h7,9-15H,1,8H2,2-6H3,(H,29,33)(H,32,36). The molecule has 9 nitrogen and oxygen atoms in total. The number of carbonyl (C=O) groups is 1. The van der Waals surface area contributed by atoms with Crippen LogP contribution in [0.5, 0.6) is 5.75 Å². The number of aromatic amines is 1. The third-order valence-corrected chi connectivity index (χ3v) is 6.62. The summed E-state index contributed by atoms with van der Waals surface area (Å²) in [6.45, 7) is 10.5. The molecule has 2 N–H and O–H groups in total. The van der Waals surface area contributed by atoms with Gasteiger partial charge in [-0.25, -0.2) is 4.98 Å². The quantitative estimate of drug-likeness (QED) is 0.300. The van der Waals surface area contributed by atoms with Crippen LogP contribution in [0.2, 0.25) is 0 Å². The molecule has 1 aromatic carbocycles. The van der Waals surface area contributed by atoms with Crippen LogP contribution >= 0.6 is 0 Å². The van der Waals surface area contributed by atoms with Gasteiger partial charge in [0.1, 0.15) is 5.65 Å². The number of nitrogens with one attached hydrogen (secondary N) is 2. The van der Waals surface area contributed by atoms with Crippen LogP contribution in [0.15, 0.2) is 55.8 Å². The Hall–Kier alpha value is -4.66. The highest BCUT2D eigenvalue weighted by atomic mass is 16.5. The molecule has 4 heterocycles. The van der Waals surface area contributed by atoms with Crippen molar-refractivity contribution in [3.8, 4) is 39.3 Å². The maximum absolute atomic E-state index is 12.3. The van der Waals surface area contributed by atoms with E-state index in [-0.39, 0.29) is 5.91 Å². The number of carbonyl (C=O) groups excluding carboxylic acids is 1. The molecule has 0 aliphatic carbocycles. The zero-order chi connectivity index (χ0) is 26.3. The Morgan fingerprint density at radius 1 is 1.14 bits per heavy atom. The molecule has 0 fully saturated rings. The minimum atomic E-state index is -0.307. The van der Waals surface area contributed by atoms with Crippen molar-refractivity contribution in [3.05, 3.63) is 66.9 Å². The molecule has 0 bridgehead atoms. The second-order valence-electron chi connectivity index (χ2n) is 8.91. The number of hydrogen-bond donors (Lipinski definition) is 2. The van der Waals surface area contributed by atoms with Crippen molar-refractivity contribution in [2.24, 2.45) is 7.05 Å². The molecule has 0 aliphatic heterocycles. The zero-order valence-electron chi connectivity index (χ0n) is 21.6. The molecule has 37 heavy (non-hydrogen) atoms. The average molecular weight is 496 g/mol. The lowest BCUT2D eigenvalue weighted by Crippen LogP contribution is -2.10. The van der Waals surface area contributed by atoms with Gasteiger partial charge in [0.25, 0.3) is 0 Å². The first-order chi connectivity index (χ1) is 17.9. The first-order valence-electron chi connectivity index (χ1n) is 12.0. The van der Waals surface area contributed by atoms with Crippen molar-refractivity contribution >= 4 is 22.6 Å². The second kappa shape index (κ2) is 9.42. The Kier molecular flexibility index (Phi) is 6.12. The Balaban J connectivity index is 1.85. The van der Waals surface area contributed by atoms with Crippen molar-refractivity contribution in [1.29, 1.82) is 0 Å². The molecule has 0 atom stereocenters. The van der Waals surface area contributed by atoms with Gasteiger partial charge >= 0.3 is 0 Å². The minimum absolute atomic E-state index is 0.307. The first-order valence-corrected chi connectivity index (χ1v) is 12.0. The number of fused-ring (bicyclic) bond motifs is 1. The molecule has 9 heteroatoms. The Bertz CT molecular complexity index is 1650. The summed E-state index contributed by atoms with van der Waals surface area (Å²) in [5.41, 5.74) is 8.79. The number of H-pyrrole nitrogens is 1. The number of aryl methyl sites for hydroxylation is 4. The highest BCUT2D eigenvalue weighted by Gasteiger charge is 2.25. The molecule has 5 aromatic rings. The lowest BCUT2D eigenvalue weighted by Gasteiger charge is -2.17. The molecular weight excluding hydrogens is 466 g/mol. The molecule has 0 spiro atoms. The third-order valence-electron chi connectivity index (χ3n) is 6.62. The maximum atomic E-state index is 12.3. The predicted molar refractivity (Wildman–Crippen MR) is 145 cm³/mol. The normalized spacial score (nSPS) is 11.2. The van der Waals surface area contributed by atoms with Gasteiger partial charge in [0.15, 0.2) is 5.75 Å². The number of rotatable bonds is 7. The zero-order valence-corrected chi connectivity index (χ0v) is 21.6. The number of ether oxygens (including phenoxy) is 1. The summed E-state index contributed by atoms with van der Waals surface area (Å²) in [6, 6.07) is 3.99. The van der Waals surface area contributed by atoms with Crippen LogP contribution in [0.4, 0.5) is 5.69 Å². The van der Waals surface area contributed by atoms with Gasteiger partial charge in [0.05, 0.1) is 30.9 Å². The Morgan fingerprint density at radius 2 is 1.92 bits per heavy atom. The lowest BCUT2D eigenvalue weighted by atomic mass is 9.93. The van der Waals surface area contributed by atoms with E-state index in [1.165, 1.54) is 6.08 Å². The molecule has 5 rings (SSSR count). The van der Waals surface area contributed by atoms with E-state index in [0.29, 0.717) is 11.4 Å². The van der Waals surface area contributed by atoms with Crippen LogP contribution < -0.4 is 10.1 Å². The number of pyridine rings is 1. The summed E-state index contributed by atoms with van der Waals surface area (Å²) in [6.07, 6.45) is 10.8. The summed E-state index contributed by atoms with van der Waals surface area (Å²) in [5, 5.41) is 12.7. The van der Waals surface area contributed by atoms with E-state index in [1.54, 1.807) is 11.8 Å². The predicted octanol–water partition coefficient (Wildman–Crippen LogP) is 5.26. The van der Waals surface area contributed by atoms with Crippen LogP contribution in [0, 0.1) is 13.8 Å². The number of amides is 1. The fraction of sp³-hybridized carbons (Fsp3) is 0.214. The number of aromatic nitrogens is 6. The number of methoxy groups -OCH3 is 1. The smallest absolute Gasteiger partial charge is 0.247 e. The van der Waals surface area contributed by atoms with Crippen molar-refractivity contribution in [3.63, 3.8) is 0 Å². The SMILES string of the molecule is C=CC(=O)Nc1c(C)ccc(-c2c(-c3cnn(C)c3)[nH]c3ncc(-c4cnn(CC)c4)c(C)c23)c1OC. The van der Waals surface area contributed by atoms with Gasteiger partial charge in [0.2, 0.25) is 5.91 Å². The molecular formula is C28H29N7O2. The number of anilines is 1. The topological polar surface area (TPSA) is 103 Å². The molecule has 188 valence electrons. The van der Waals surface area contributed by atoms with Gasteiger partial charge in [-0.2, -0.15) is 10.2 Å². The molecule has 0 radical (unpaired) electrons. The summed E-state index contributed by atoms with van der Waals surface area (Å²) >= 11 is 0. The molecule has 0 unspecified atom stereocenters. The summed E-state index contributed by atoms with van der Waals surface area (Å²) in [5.74, 6) is 0.253. The number of hydrogen-bond acceptors (Lipinski definition) is 5. The van der Waals surface area contributed by atoms with Crippen molar-refractivity contribution in [2.45, 2.75) is 27.3 Å². The van der Waals surface area contributed by atoms with Crippen LogP contribution in [0.1, 0.15) is 18.1 Å². The lowest BCUT2D eigenvalue weighted by molar-refractivity contribution is -0.111. The van der Waals surface area contributed by atoms with Crippen LogP contribution in [0.3, 0.4) is 0 Å². The minimum Gasteiger partial charge on any atom is -0.494 e. The van der Waals surface area contributed by atoms with Gasteiger partial charge < -0.3 is 15.0 Å². The monoisotopic (exact) mass is 495 g/mol. The molecule has 1 amide bonds. The highest BCUT2D eigenvalue weighted by Crippen LogP contribution is 2.47. The van der Waals surface area contributed by atoms with E-state index in [0.717, 1.165) is 62.2 Å². The van der Waals surface area contributed by atoms with E-state index in [2.05, 4.69) is 40.9 Å². The van der Waals surface area contributed by atoms with Crippen molar-refractivity contribution in [2.75, 3.05) is 12.4 Å². The molecule has 0 aliphatic rings. The molecule has 0 saturated heterocycles. The molecule has 4 aromatic heterocycles. The second-order valence-corrected chi connectivity index (χ2v) is 8.91. The van der Waals surface area contributed by atoms with Gasteiger partial charge in [-0.15, -0.1) is 0 Å². The number of benzene rings is 1. The average Bonchev–Trinajstić information content (AvgIpc) is 3.63. The Labute approximate surface area is 214 Å². The van der Waals surface area contributed by atoms with Gasteiger partial charge in [-0.05, 0) is 38.0 Å². The van der Waals surface area contributed by atoms with E-state index < -0.39 is 0 Å². The summed E-state index contributed by atoms with van der Waals surface area (Å²) in [7, 11) is 3.49. The fourth-order valence-electron chi connectivity index (χ4n) is 4.73. The summed E-state index contributed by atoms with van der Waals surface area (Å²) < 4.78 is 9.59. The van der Waals surface area contributed by atoms with Gasteiger partial charge in [0, 0.05) is 65.4 Å². The maximum Gasteiger partial charge on any atom is 0.247 e. The van der Waals surface area contributed by atoms with Crippen LogP contribution in [-0.4, -0.2) is 42.5 Å². The summed E-state index contributed by atoms with van der Waals surface area (Å²) in [4.78, 5) is 20.6. The first kappa shape index (κ1) is 24.1.